The maximum atomic E-state index is 13.1. The number of aromatic nitrogens is 2. The van der Waals surface area contributed by atoms with E-state index in [1.54, 1.807) is 21.7 Å². The highest BCUT2D eigenvalue weighted by atomic mass is 19.1. The Morgan fingerprint density at radius 1 is 1.03 bits per heavy atom. The van der Waals surface area contributed by atoms with Crippen LogP contribution >= 0.6 is 0 Å². The standard InChI is InChI=1S/C22H26FN5O3/c23-17-6-4-16(5-7-17)15-27-12-3-13-28-19(22(27)31)14-18(25-28)21(30)24-9-8-20(29)26-10-1-2-11-26/h4-7,14H,1-3,8-13,15H2,(H,24,30). The van der Waals surface area contributed by atoms with Crippen LogP contribution in [0.25, 0.3) is 0 Å². The van der Waals surface area contributed by atoms with Gasteiger partial charge in [-0.05, 0) is 37.0 Å². The number of fused-ring (bicyclic) bond motifs is 1. The fraction of sp³-hybridized carbons (Fsp3) is 0.455. The summed E-state index contributed by atoms with van der Waals surface area (Å²) in [5.74, 6) is -0.878. The van der Waals surface area contributed by atoms with Crippen molar-refractivity contribution in [1.29, 1.82) is 0 Å². The predicted molar refractivity (Wildman–Crippen MR) is 111 cm³/mol. The van der Waals surface area contributed by atoms with Crippen LogP contribution in [0.2, 0.25) is 0 Å². The Morgan fingerprint density at radius 2 is 1.77 bits per heavy atom. The Labute approximate surface area is 180 Å². The molecule has 8 nitrogen and oxygen atoms in total. The van der Waals surface area contributed by atoms with Gasteiger partial charge in [0.25, 0.3) is 11.8 Å². The van der Waals surface area contributed by atoms with Gasteiger partial charge in [-0.3, -0.25) is 19.1 Å². The van der Waals surface area contributed by atoms with Crippen molar-refractivity contribution in [2.24, 2.45) is 0 Å². The van der Waals surface area contributed by atoms with E-state index in [2.05, 4.69) is 10.4 Å². The minimum absolute atomic E-state index is 0.0463. The Balaban J connectivity index is 1.37. The number of hydrogen-bond acceptors (Lipinski definition) is 4. The molecule has 3 amide bonds. The van der Waals surface area contributed by atoms with Crippen LogP contribution in [0.1, 0.15) is 52.2 Å². The van der Waals surface area contributed by atoms with Crippen molar-refractivity contribution in [3.05, 3.63) is 53.1 Å². The number of benzene rings is 1. The van der Waals surface area contributed by atoms with Crippen LogP contribution in [0, 0.1) is 5.82 Å². The summed E-state index contributed by atoms with van der Waals surface area (Å²) >= 11 is 0. The zero-order chi connectivity index (χ0) is 21.8. The van der Waals surface area contributed by atoms with Gasteiger partial charge in [0.1, 0.15) is 11.5 Å². The number of amides is 3. The molecule has 9 heteroatoms. The number of halogens is 1. The van der Waals surface area contributed by atoms with Gasteiger partial charge in [0.2, 0.25) is 5.91 Å². The van der Waals surface area contributed by atoms with Crippen LogP contribution in [0.4, 0.5) is 4.39 Å². The van der Waals surface area contributed by atoms with E-state index in [0.29, 0.717) is 31.7 Å². The molecule has 0 unspecified atom stereocenters. The smallest absolute Gasteiger partial charge is 0.272 e. The third-order valence-electron chi connectivity index (χ3n) is 5.69. The number of rotatable bonds is 6. The van der Waals surface area contributed by atoms with Crippen LogP contribution in [0.3, 0.4) is 0 Å². The molecule has 2 aliphatic rings. The van der Waals surface area contributed by atoms with Crippen molar-refractivity contribution in [3.63, 3.8) is 0 Å². The predicted octanol–water partition coefficient (Wildman–Crippen LogP) is 1.81. The van der Waals surface area contributed by atoms with Crippen LogP contribution in [-0.4, -0.2) is 63.5 Å². The first-order chi connectivity index (χ1) is 15.0. The average Bonchev–Trinajstić information content (AvgIpc) is 3.42. The first-order valence-electron chi connectivity index (χ1n) is 10.7. The molecule has 1 aromatic heterocycles. The topological polar surface area (TPSA) is 87.5 Å². The number of carbonyl (C=O) groups excluding carboxylic acids is 3. The Hall–Kier alpha value is -3.23. The Kier molecular flexibility index (Phi) is 6.29. The van der Waals surface area contributed by atoms with Crippen molar-refractivity contribution >= 4 is 17.7 Å². The lowest BCUT2D eigenvalue weighted by atomic mass is 10.2. The molecule has 2 aromatic rings. The van der Waals surface area contributed by atoms with E-state index in [-0.39, 0.29) is 36.3 Å². The first-order valence-corrected chi connectivity index (χ1v) is 10.7. The quantitative estimate of drug-likeness (QED) is 0.762. The molecule has 31 heavy (non-hydrogen) atoms. The maximum absolute atomic E-state index is 13.1. The molecular weight excluding hydrogens is 401 g/mol. The minimum atomic E-state index is -0.396. The van der Waals surface area contributed by atoms with Crippen LogP contribution in [-0.2, 0) is 17.9 Å². The van der Waals surface area contributed by atoms with Gasteiger partial charge in [-0.2, -0.15) is 5.10 Å². The summed E-state index contributed by atoms with van der Waals surface area (Å²) < 4.78 is 14.7. The summed E-state index contributed by atoms with van der Waals surface area (Å²) in [6.45, 7) is 3.26. The van der Waals surface area contributed by atoms with Gasteiger partial charge in [0.05, 0.1) is 0 Å². The van der Waals surface area contributed by atoms with Gasteiger partial charge in [-0.25, -0.2) is 4.39 Å². The number of likely N-dealkylation sites (tertiary alicyclic amines) is 1. The van der Waals surface area contributed by atoms with Gasteiger partial charge >= 0.3 is 0 Å². The average molecular weight is 427 g/mol. The number of carbonyl (C=O) groups is 3. The Bertz CT molecular complexity index is 966. The molecule has 1 N–H and O–H groups in total. The molecule has 164 valence electrons. The molecule has 2 aliphatic heterocycles. The van der Waals surface area contributed by atoms with E-state index < -0.39 is 5.91 Å². The minimum Gasteiger partial charge on any atom is -0.350 e. The fourth-order valence-electron chi connectivity index (χ4n) is 4.00. The molecule has 0 aliphatic carbocycles. The Morgan fingerprint density at radius 3 is 2.52 bits per heavy atom. The van der Waals surface area contributed by atoms with E-state index in [0.717, 1.165) is 31.5 Å². The van der Waals surface area contributed by atoms with E-state index in [9.17, 15) is 18.8 Å². The maximum Gasteiger partial charge on any atom is 0.272 e. The number of aryl methyl sites for hydroxylation is 1. The SMILES string of the molecule is O=C(NCCC(=O)N1CCCC1)c1cc2n(n1)CCCN(Cc1ccc(F)cc1)C2=O. The van der Waals surface area contributed by atoms with E-state index in [1.807, 2.05) is 4.90 Å². The molecule has 1 fully saturated rings. The summed E-state index contributed by atoms with van der Waals surface area (Å²) in [4.78, 5) is 41.1. The highest BCUT2D eigenvalue weighted by Crippen LogP contribution is 2.17. The second kappa shape index (κ2) is 9.28. The lowest BCUT2D eigenvalue weighted by Gasteiger charge is -2.20. The summed E-state index contributed by atoms with van der Waals surface area (Å²) in [7, 11) is 0. The van der Waals surface area contributed by atoms with Crippen molar-refractivity contribution in [2.75, 3.05) is 26.2 Å². The molecule has 3 heterocycles. The highest BCUT2D eigenvalue weighted by Gasteiger charge is 2.26. The van der Waals surface area contributed by atoms with Gasteiger partial charge in [0.15, 0.2) is 5.69 Å². The van der Waals surface area contributed by atoms with Gasteiger partial charge in [0, 0.05) is 51.8 Å². The molecular formula is C22H26FN5O3. The third kappa shape index (κ3) is 4.92. The zero-order valence-corrected chi connectivity index (χ0v) is 17.3. The van der Waals surface area contributed by atoms with Crippen LogP contribution in [0.5, 0.6) is 0 Å². The van der Waals surface area contributed by atoms with Crippen molar-refractivity contribution in [2.45, 2.75) is 38.8 Å². The lowest BCUT2D eigenvalue weighted by molar-refractivity contribution is -0.129. The second-order valence-corrected chi connectivity index (χ2v) is 7.94. The van der Waals surface area contributed by atoms with Crippen molar-refractivity contribution < 1.29 is 18.8 Å². The number of nitrogens with zero attached hydrogens (tertiary/aromatic N) is 4. The largest absolute Gasteiger partial charge is 0.350 e. The molecule has 0 bridgehead atoms. The van der Waals surface area contributed by atoms with E-state index in [1.165, 1.54) is 18.2 Å². The fourth-order valence-corrected chi connectivity index (χ4v) is 4.00. The lowest BCUT2D eigenvalue weighted by Crippen LogP contribution is -2.33. The van der Waals surface area contributed by atoms with Crippen molar-refractivity contribution in [1.82, 2.24) is 24.9 Å². The van der Waals surface area contributed by atoms with Crippen molar-refractivity contribution in [3.8, 4) is 0 Å². The molecule has 1 aromatic carbocycles. The van der Waals surface area contributed by atoms with Gasteiger partial charge in [-0.1, -0.05) is 12.1 Å². The van der Waals surface area contributed by atoms with Crippen LogP contribution < -0.4 is 5.32 Å². The highest BCUT2D eigenvalue weighted by molar-refractivity contribution is 5.98. The van der Waals surface area contributed by atoms with E-state index >= 15 is 0 Å². The molecule has 0 saturated carbocycles. The van der Waals surface area contributed by atoms with Gasteiger partial charge < -0.3 is 15.1 Å². The normalized spacial score (nSPS) is 16.2. The van der Waals surface area contributed by atoms with Gasteiger partial charge in [-0.15, -0.1) is 0 Å². The number of nitrogens with one attached hydrogen (secondary N) is 1. The molecule has 0 spiro atoms. The summed E-state index contributed by atoms with van der Waals surface area (Å²) in [5, 5.41) is 7.03. The first kappa shape index (κ1) is 21.0. The zero-order valence-electron chi connectivity index (χ0n) is 17.3. The summed E-state index contributed by atoms with van der Waals surface area (Å²) in [5.41, 5.74) is 1.36. The van der Waals surface area contributed by atoms with E-state index in [4.69, 9.17) is 0 Å². The monoisotopic (exact) mass is 427 g/mol. The summed E-state index contributed by atoms with van der Waals surface area (Å²) in [6, 6.07) is 7.57. The number of hydrogen-bond donors (Lipinski definition) is 1. The third-order valence-corrected chi connectivity index (χ3v) is 5.69. The van der Waals surface area contributed by atoms with Crippen LogP contribution in [0.15, 0.2) is 30.3 Å². The molecule has 4 rings (SSSR count). The second-order valence-electron chi connectivity index (χ2n) is 7.94. The summed E-state index contributed by atoms with van der Waals surface area (Å²) in [6.07, 6.45) is 3.02. The molecule has 1 saturated heterocycles. The molecule has 0 atom stereocenters. The molecule has 0 radical (unpaired) electrons.